The Morgan fingerprint density at radius 3 is 2.14 bits per heavy atom. The van der Waals surface area contributed by atoms with Crippen molar-refractivity contribution in [1.29, 1.82) is 0 Å². The molecule has 0 aliphatic heterocycles. The number of aromatic nitrogens is 1. The summed E-state index contributed by atoms with van der Waals surface area (Å²) in [4.78, 5) is 27.1. The third-order valence-corrected chi connectivity index (χ3v) is 5.84. The maximum Gasteiger partial charge on any atom is 0.263 e. The minimum atomic E-state index is -0.465. The van der Waals surface area contributed by atoms with Crippen LogP contribution in [-0.4, -0.2) is 38.4 Å². The van der Waals surface area contributed by atoms with Gasteiger partial charge in [0.15, 0.2) is 11.5 Å². The molecule has 0 saturated carbocycles. The van der Waals surface area contributed by atoms with Crippen molar-refractivity contribution in [3.8, 4) is 28.7 Å². The van der Waals surface area contributed by atoms with Gasteiger partial charge >= 0.3 is 0 Å². The lowest BCUT2D eigenvalue weighted by molar-refractivity contribution is 0.102. The van der Waals surface area contributed by atoms with Crippen molar-refractivity contribution in [2.45, 2.75) is 6.92 Å². The van der Waals surface area contributed by atoms with Gasteiger partial charge in [-0.15, -0.1) is 0 Å². The summed E-state index contributed by atoms with van der Waals surface area (Å²) in [7, 11) is 4.47. The molecule has 1 N–H and O–H groups in total. The number of nitrogens with one attached hydrogen (secondary N) is 1. The third-order valence-electron chi connectivity index (χ3n) is 5.60. The number of pyridine rings is 1. The first-order valence-corrected chi connectivity index (χ1v) is 11.5. The number of methoxy groups -OCH3 is 3. The highest BCUT2D eigenvalue weighted by atomic mass is 35.5. The van der Waals surface area contributed by atoms with Crippen LogP contribution in [-0.2, 0) is 0 Å². The van der Waals surface area contributed by atoms with Crippen LogP contribution < -0.4 is 29.8 Å². The van der Waals surface area contributed by atoms with Gasteiger partial charge in [-0.25, -0.2) is 0 Å². The van der Waals surface area contributed by atoms with Crippen molar-refractivity contribution in [3.63, 3.8) is 0 Å². The lowest BCUT2D eigenvalue weighted by Gasteiger charge is -2.16. The fourth-order valence-corrected chi connectivity index (χ4v) is 4.05. The van der Waals surface area contributed by atoms with Crippen molar-refractivity contribution in [2.24, 2.45) is 0 Å². The summed E-state index contributed by atoms with van der Waals surface area (Å²) in [6.07, 6.45) is 1.50. The highest BCUT2D eigenvalue weighted by Gasteiger charge is 2.20. The minimum absolute atomic E-state index is 0.237. The number of fused-ring (bicyclic) bond motifs is 1. The molecule has 4 rings (SSSR count). The SMILES string of the molecule is CCOc1ccc(-n2cc(C(=O)Nc3cc(Cl)ccc3OC)c3cc(OC)c(OC)cc3c2=O)cc1. The van der Waals surface area contributed by atoms with E-state index in [0.717, 1.165) is 0 Å². The number of rotatable bonds is 8. The first-order chi connectivity index (χ1) is 17.4. The predicted molar refractivity (Wildman–Crippen MR) is 140 cm³/mol. The molecule has 0 fully saturated rings. The van der Waals surface area contributed by atoms with E-state index in [1.54, 1.807) is 54.6 Å². The molecule has 1 aromatic heterocycles. The Hall–Kier alpha value is -4.17. The minimum Gasteiger partial charge on any atom is -0.495 e. The monoisotopic (exact) mass is 508 g/mol. The van der Waals surface area contributed by atoms with Gasteiger partial charge in [0, 0.05) is 22.3 Å². The maximum absolute atomic E-state index is 13.6. The van der Waals surface area contributed by atoms with E-state index in [1.165, 1.54) is 32.1 Å². The maximum atomic E-state index is 13.6. The smallest absolute Gasteiger partial charge is 0.263 e. The molecule has 1 heterocycles. The Balaban J connectivity index is 1.92. The van der Waals surface area contributed by atoms with E-state index in [4.69, 9.17) is 30.5 Å². The quantitative estimate of drug-likeness (QED) is 0.346. The molecule has 0 unspecified atom stereocenters. The van der Waals surface area contributed by atoms with Crippen LogP contribution in [0.2, 0.25) is 5.02 Å². The standard InChI is InChI=1S/C27H25ClN2O6/c1-5-36-18-9-7-17(8-10-18)30-15-21(26(31)29-22-12-16(28)6-11-23(22)33-2)19-13-24(34-3)25(35-4)14-20(19)27(30)32/h6-15H,5H2,1-4H3,(H,29,31). The summed E-state index contributed by atoms with van der Waals surface area (Å²) in [5, 5.41) is 3.96. The molecule has 0 spiro atoms. The zero-order valence-corrected chi connectivity index (χ0v) is 21.0. The highest BCUT2D eigenvalue weighted by Crippen LogP contribution is 2.34. The Labute approximate surface area is 212 Å². The van der Waals surface area contributed by atoms with Gasteiger partial charge in [-0.05, 0) is 61.5 Å². The molecule has 36 heavy (non-hydrogen) atoms. The van der Waals surface area contributed by atoms with E-state index in [1.807, 2.05) is 6.92 Å². The lowest BCUT2D eigenvalue weighted by Crippen LogP contribution is -2.23. The van der Waals surface area contributed by atoms with E-state index >= 15 is 0 Å². The number of hydrogen-bond donors (Lipinski definition) is 1. The van der Waals surface area contributed by atoms with Gasteiger partial charge in [-0.3, -0.25) is 14.2 Å². The topological polar surface area (TPSA) is 88.0 Å². The second kappa shape index (κ2) is 10.6. The largest absolute Gasteiger partial charge is 0.495 e. The fourth-order valence-electron chi connectivity index (χ4n) is 3.88. The Kier molecular flexibility index (Phi) is 7.36. The number of hydrogen-bond acceptors (Lipinski definition) is 6. The first-order valence-electron chi connectivity index (χ1n) is 11.1. The van der Waals surface area contributed by atoms with E-state index in [2.05, 4.69) is 5.32 Å². The summed E-state index contributed by atoms with van der Waals surface area (Å²) in [6.45, 7) is 2.41. The third kappa shape index (κ3) is 4.81. The van der Waals surface area contributed by atoms with Crippen molar-refractivity contribution in [1.82, 2.24) is 4.57 Å². The molecular weight excluding hydrogens is 484 g/mol. The predicted octanol–water partition coefficient (Wildman–Crippen LogP) is 5.32. The molecule has 0 atom stereocenters. The fraction of sp³-hybridized carbons (Fsp3) is 0.185. The molecule has 0 aliphatic rings. The second-order valence-corrected chi connectivity index (χ2v) is 8.13. The number of amides is 1. The average Bonchev–Trinajstić information content (AvgIpc) is 2.89. The number of halogens is 1. The van der Waals surface area contributed by atoms with Crippen LogP contribution in [0.15, 0.2) is 65.6 Å². The summed E-state index contributed by atoms with van der Waals surface area (Å²) in [6, 6.07) is 15.1. The summed E-state index contributed by atoms with van der Waals surface area (Å²) in [5.74, 6) is 1.41. The number of ether oxygens (including phenoxy) is 4. The summed E-state index contributed by atoms with van der Waals surface area (Å²) in [5.41, 5.74) is 0.866. The van der Waals surface area contributed by atoms with Gasteiger partial charge in [0.1, 0.15) is 11.5 Å². The van der Waals surface area contributed by atoms with Crippen molar-refractivity contribution < 1.29 is 23.7 Å². The van der Waals surface area contributed by atoms with Crippen LogP contribution >= 0.6 is 11.6 Å². The van der Waals surface area contributed by atoms with Crippen LogP contribution in [0.3, 0.4) is 0 Å². The number of carbonyl (C=O) groups excluding carboxylic acids is 1. The molecule has 9 heteroatoms. The molecule has 0 saturated heterocycles. The van der Waals surface area contributed by atoms with Crippen LogP contribution in [0.4, 0.5) is 5.69 Å². The van der Waals surface area contributed by atoms with E-state index in [-0.39, 0.29) is 16.5 Å². The number of anilines is 1. The normalized spacial score (nSPS) is 10.7. The van der Waals surface area contributed by atoms with Crippen LogP contribution in [0.25, 0.3) is 16.5 Å². The number of benzene rings is 3. The van der Waals surface area contributed by atoms with Crippen molar-refractivity contribution in [3.05, 3.63) is 81.7 Å². The van der Waals surface area contributed by atoms with E-state index in [9.17, 15) is 9.59 Å². The van der Waals surface area contributed by atoms with Gasteiger partial charge in [0.25, 0.3) is 11.5 Å². The van der Waals surface area contributed by atoms with Gasteiger partial charge in [0.05, 0.1) is 44.6 Å². The average molecular weight is 509 g/mol. The molecule has 0 bridgehead atoms. The Bertz CT molecular complexity index is 1480. The van der Waals surface area contributed by atoms with Crippen LogP contribution in [0.1, 0.15) is 17.3 Å². The second-order valence-electron chi connectivity index (χ2n) is 7.70. The molecule has 3 aromatic carbocycles. The summed E-state index contributed by atoms with van der Waals surface area (Å²) < 4.78 is 23.1. The molecule has 8 nitrogen and oxygen atoms in total. The van der Waals surface area contributed by atoms with Gasteiger partial charge in [0.2, 0.25) is 0 Å². The van der Waals surface area contributed by atoms with Crippen LogP contribution in [0.5, 0.6) is 23.0 Å². The van der Waals surface area contributed by atoms with Crippen molar-refractivity contribution >= 4 is 34.0 Å². The number of nitrogens with zero attached hydrogens (tertiary/aromatic N) is 1. The molecule has 4 aromatic rings. The van der Waals surface area contributed by atoms with E-state index < -0.39 is 5.91 Å². The molecular formula is C27H25ClN2O6. The van der Waals surface area contributed by atoms with Crippen LogP contribution in [0, 0.1) is 0 Å². The van der Waals surface area contributed by atoms with Crippen molar-refractivity contribution in [2.75, 3.05) is 33.3 Å². The Morgan fingerprint density at radius 1 is 0.889 bits per heavy atom. The molecule has 0 aliphatic carbocycles. The zero-order valence-electron chi connectivity index (χ0n) is 20.3. The number of carbonyl (C=O) groups is 1. The highest BCUT2D eigenvalue weighted by molar-refractivity contribution is 6.31. The van der Waals surface area contributed by atoms with Gasteiger partial charge < -0.3 is 24.3 Å². The van der Waals surface area contributed by atoms with Gasteiger partial charge in [-0.1, -0.05) is 11.6 Å². The first kappa shape index (κ1) is 24.9. The molecule has 186 valence electrons. The van der Waals surface area contributed by atoms with Gasteiger partial charge in [-0.2, -0.15) is 0 Å². The zero-order chi connectivity index (χ0) is 25.8. The lowest BCUT2D eigenvalue weighted by atomic mass is 10.0. The Morgan fingerprint density at radius 2 is 1.53 bits per heavy atom. The molecule has 0 radical (unpaired) electrons. The summed E-state index contributed by atoms with van der Waals surface area (Å²) >= 11 is 6.14. The van der Waals surface area contributed by atoms with E-state index in [0.29, 0.717) is 51.4 Å². The molecule has 1 amide bonds.